The van der Waals surface area contributed by atoms with E-state index in [1.807, 2.05) is 25.1 Å². The Labute approximate surface area is 117 Å². The minimum Gasteiger partial charge on any atom is -0.497 e. The lowest BCUT2D eigenvalue weighted by Gasteiger charge is -2.26. The van der Waals surface area contributed by atoms with Gasteiger partial charge in [0.15, 0.2) is 0 Å². The van der Waals surface area contributed by atoms with Gasteiger partial charge >= 0.3 is 6.09 Å². The van der Waals surface area contributed by atoms with E-state index in [1.54, 1.807) is 12.0 Å². The van der Waals surface area contributed by atoms with Crippen LogP contribution >= 0.6 is 0 Å². The molecule has 2 heterocycles. The molecule has 0 spiro atoms. The number of ether oxygens (including phenoxy) is 2. The fraction of sp³-hybridized carbons (Fsp3) is 0.400. The molecule has 0 bridgehead atoms. The molecule has 1 aromatic carbocycles. The maximum Gasteiger partial charge on any atom is 0.410 e. The topological polar surface area (TPSA) is 54.6 Å². The van der Waals surface area contributed by atoms with E-state index >= 15 is 0 Å². The summed E-state index contributed by atoms with van der Waals surface area (Å²) in [4.78, 5) is 17.0. The molecule has 1 aliphatic heterocycles. The molecular formula is C15H18N2O3. The van der Waals surface area contributed by atoms with Gasteiger partial charge in [0.2, 0.25) is 0 Å². The van der Waals surface area contributed by atoms with E-state index in [9.17, 15) is 4.79 Å². The maximum absolute atomic E-state index is 11.9. The molecule has 1 amide bonds. The van der Waals surface area contributed by atoms with Gasteiger partial charge in [0.05, 0.1) is 20.3 Å². The first-order valence-corrected chi connectivity index (χ1v) is 6.82. The van der Waals surface area contributed by atoms with Gasteiger partial charge in [-0.05, 0) is 25.1 Å². The molecule has 0 saturated heterocycles. The van der Waals surface area contributed by atoms with Crippen LogP contribution in [0.15, 0.2) is 18.2 Å². The summed E-state index contributed by atoms with van der Waals surface area (Å²) < 4.78 is 10.4. The Balaban J connectivity index is 1.96. The lowest BCUT2D eigenvalue weighted by Crippen LogP contribution is -2.36. The minimum atomic E-state index is -0.240. The van der Waals surface area contributed by atoms with Crippen molar-refractivity contribution < 1.29 is 14.3 Å². The number of rotatable bonds is 2. The number of benzene rings is 1. The first kappa shape index (κ1) is 12.8. The van der Waals surface area contributed by atoms with E-state index < -0.39 is 0 Å². The highest BCUT2D eigenvalue weighted by atomic mass is 16.6. The quantitative estimate of drug-likeness (QED) is 0.916. The number of nitrogens with one attached hydrogen (secondary N) is 1. The van der Waals surface area contributed by atoms with Gasteiger partial charge in [0.25, 0.3) is 0 Å². The lowest BCUT2D eigenvalue weighted by atomic mass is 10.0. The number of aromatic nitrogens is 1. The zero-order valence-corrected chi connectivity index (χ0v) is 11.7. The molecule has 0 fully saturated rings. The van der Waals surface area contributed by atoms with Crippen molar-refractivity contribution in [2.45, 2.75) is 19.9 Å². The van der Waals surface area contributed by atoms with E-state index in [4.69, 9.17) is 9.47 Å². The summed E-state index contributed by atoms with van der Waals surface area (Å²) in [6.45, 7) is 3.50. The molecule has 0 unspecified atom stereocenters. The molecule has 3 rings (SSSR count). The van der Waals surface area contributed by atoms with Gasteiger partial charge in [-0.3, -0.25) is 0 Å². The van der Waals surface area contributed by atoms with Crippen molar-refractivity contribution in [1.82, 2.24) is 9.88 Å². The molecule has 0 aliphatic carbocycles. The Hall–Kier alpha value is -2.17. The molecule has 5 nitrogen and oxygen atoms in total. The molecule has 0 saturated carbocycles. The number of aromatic amines is 1. The lowest BCUT2D eigenvalue weighted by molar-refractivity contribution is 0.103. The number of fused-ring (bicyclic) bond motifs is 3. The van der Waals surface area contributed by atoms with Crippen LogP contribution in [0.1, 0.15) is 18.2 Å². The maximum atomic E-state index is 11.9. The predicted octanol–water partition coefficient (Wildman–Crippen LogP) is 2.69. The van der Waals surface area contributed by atoms with E-state index in [1.165, 1.54) is 11.3 Å². The van der Waals surface area contributed by atoms with Crippen LogP contribution in [0.2, 0.25) is 0 Å². The first-order chi connectivity index (χ1) is 9.72. The number of methoxy groups -OCH3 is 1. The smallest absolute Gasteiger partial charge is 0.410 e. The van der Waals surface area contributed by atoms with Crippen LogP contribution in [-0.4, -0.2) is 36.2 Å². The van der Waals surface area contributed by atoms with Gasteiger partial charge in [-0.15, -0.1) is 0 Å². The molecule has 1 N–H and O–H groups in total. The third kappa shape index (κ3) is 2.09. The fourth-order valence-electron chi connectivity index (χ4n) is 2.69. The summed E-state index contributed by atoms with van der Waals surface area (Å²) in [5, 5.41) is 1.12. The van der Waals surface area contributed by atoms with Crippen molar-refractivity contribution in [2.75, 3.05) is 20.3 Å². The summed E-state index contributed by atoms with van der Waals surface area (Å²) in [6, 6.07) is 5.97. The van der Waals surface area contributed by atoms with E-state index in [2.05, 4.69) is 4.98 Å². The SMILES string of the molecule is CCOC(=O)N1CCc2[nH]c3ccc(OC)cc3c2C1. The monoisotopic (exact) mass is 274 g/mol. The van der Waals surface area contributed by atoms with Crippen LogP contribution in [0, 0.1) is 0 Å². The van der Waals surface area contributed by atoms with E-state index in [-0.39, 0.29) is 6.09 Å². The van der Waals surface area contributed by atoms with E-state index in [0.717, 1.165) is 23.1 Å². The van der Waals surface area contributed by atoms with Crippen LogP contribution in [0.3, 0.4) is 0 Å². The Bertz CT molecular complexity index is 648. The third-order valence-electron chi connectivity index (χ3n) is 3.71. The number of hydrogen-bond donors (Lipinski definition) is 1. The Morgan fingerprint density at radius 2 is 2.30 bits per heavy atom. The molecule has 1 aliphatic rings. The van der Waals surface area contributed by atoms with Crippen molar-refractivity contribution in [3.63, 3.8) is 0 Å². The average Bonchev–Trinajstić information content (AvgIpc) is 2.84. The molecule has 1 aromatic heterocycles. The van der Waals surface area contributed by atoms with Gasteiger partial charge in [-0.25, -0.2) is 4.79 Å². The standard InChI is InChI=1S/C15H18N2O3/c1-3-20-15(18)17-7-6-14-12(9-17)11-8-10(19-2)4-5-13(11)16-14/h4-5,8,16H,3,6-7,9H2,1-2H3. The second-order valence-electron chi connectivity index (χ2n) is 4.86. The zero-order valence-electron chi connectivity index (χ0n) is 11.7. The zero-order chi connectivity index (χ0) is 14.1. The molecule has 0 atom stereocenters. The summed E-state index contributed by atoms with van der Waals surface area (Å²) in [5.74, 6) is 0.826. The predicted molar refractivity (Wildman–Crippen MR) is 76.0 cm³/mol. The molecule has 20 heavy (non-hydrogen) atoms. The summed E-state index contributed by atoms with van der Waals surface area (Å²) in [7, 11) is 1.66. The number of carbonyl (C=O) groups is 1. The summed E-state index contributed by atoms with van der Waals surface area (Å²) in [5.41, 5.74) is 3.45. The summed E-state index contributed by atoms with van der Waals surface area (Å²) in [6.07, 6.45) is 0.584. The number of carbonyl (C=O) groups excluding carboxylic acids is 1. The van der Waals surface area contributed by atoms with Crippen LogP contribution in [0.25, 0.3) is 10.9 Å². The van der Waals surface area contributed by atoms with Gasteiger partial charge < -0.3 is 19.4 Å². The number of nitrogens with zero attached hydrogens (tertiary/aromatic N) is 1. The third-order valence-corrected chi connectivity index (χ3v) is 3.71. The average molecular weight is 274 g/mol. The van der Waals surface area contributed by atoms with Crippen molar-refractivity contribution in [3.05, 3.63) is 29.5 Å². The van der Waals surface area contributed by atoms with Crippen LogP contribution in [0.5, 0.6) is 5.75 Å². The largest absolute Gasteiger partial charge is 0.497 e. The molecule has 2 aromatic rings. The molecular weight excluding hydrogens is 256 g/mol. The van der Waals surface area contributed by atoms with Crippen molar-refractivity contribution in [3.8, 4) is 5.75 Å². The Kier molecular flexibility index (Phi) is 3.26. The van der Waals surface area contributed by atoms with Gasteiger partial charge in [0.1, 0.15) is 5.75 Å². The fourth-order valence-corrected chi connectivity index (χ4v) is 2.69. The Morgan fingerprint density at radius 3 is 3.05 bits per heavy atom. The van der Waals surface area contributed by atoms with Crippen LogP contribution in [-0.2, 0) is 17.7 Å². The second kappa shape index (κ2) is 5.07. The first-order valence-electron chi connectivity index (χ1n) is 6.82. The number of hydrogen-bond acceptors (Lipinski definition) is 3. The number of amides is 1. The normalized spacial score (nSPS) is 14.2. The van der Waals surface area contributed by atoms with Crippen LogP contribution < -0.4 is 4.74 Å². The minimum absolute atomic E-state index is 0.240. The number of H-pyrrole nitrogens is 1. The van der Waals surface area contributed by atoms with Crippen molar-refractivity contribution in [2.24, 2.45) is 0 Å². The van der Waals surface area contributed by atoms with Gasteiger partial charge in [-0.1, -0.05) is 0 Å². The van der Waals surface area contributed by atoms with Gasteiger partial charge in [0, 0.05) is 35.1 Å². The summed E-state index contributed by atoms with van der Waals surface area (Å²) >= 11 is 0. The Morgan fingerprint density at radius 1 is 1.45 bits per heavy atom. The molecule has 0 radical (unpaired) electrons. The highest BCUT2D eigenvalue weighted by Gasteiger charge is 2.24. The highest BCUT2D eigenvalue weighted by Crippen LogP contribution is 2.30. The molecule has 5 heteroatoms. The van der Waals surface area contributed by atoms with Crippen molar-refractivity contribution in [1.29, 1.82) is 0 Å². The van der Waals surface area contributed by atoms with E-state index in [0.29, 0.717) is 19.7 Å². The van der Waals surface area contributed by atoms with Gasteiger partial charge in [-0.2, -0.15) is 0 Å². The molecule has 106 valence electrons. The van der Waals surface area contributed by atoms with Crippen LogP contribution in [0.4, 0.5) is 4.79 Å². The second-order valence-corrected chi connectivity index (χ2v) is 4.86. The van der Waals surface area contributed by atoms with Crippen molar-refractivity contribution >= 4 is 17.0 Å². The highest BCUT2D eigenvalue weighted by molar-refractivity contribution is 5.86.